The first kappa shape index (κ1) is 40.5. The standard InChI is InChI=1S/C43H68N2O7/c1-24(2)32-27(46)22-43(45-35(49)39(9,10)44-34(48)25(3)4)21-20-41(12)26(33(32)43)14-15-29-40(11)18-17-30(52-31(47)23-37(5,6)36(50)51)38(7,8)28(40)16-19-42(29,41)13/h24-26,28-30H,14-23H2,1-13H3,(H,44,48)(H,45,49)(H,50,51)/t26-,28+,29-,30?,40+,41-,42-,43?/m1/s1. The third-order valence-corrected chi connectivity index (χ3v) is 15.7. The van der Waals surface area contributed by atoms with Crippen molar-refractivity contribution < 1.29 is 33.8 Å². The molecule has 9 heteroatoms. The zero-order chi connectivity index (χ0) is 39.2. The summed E-state index contributed by atoms with van der Waals surface area (Å²) in [5.74, 6) is -1.02. The van der Waals surface area contributed by atoms with Gasteiger partial charge in [0.05, 0.1) is 17.4 Å². The Morgan fingerprint density at radius 3 is 2.06 bits per heavy atom. The minimum absolute atomic E-state index is 0.00627. The molecule has 0 bridgehead atoms. The van der Waals surface area contributed by atoms with Gasteiger partial charge in [-0.1, -0.05) is 62.3 Å². The van der Waals surface area contributed by atoms with Gasteiger partial charge < -0.3 is 20.5 Å². The Bertz CT molecular complexity index is 1560. The molecule has 292 valence electrons. The Labute approximate surface area is 312 Å². The summed E-state index contributed by atoms with van der Waals surface area (Å²) in [5, 5.41) is 16.0. The van der Waals surface area contributed by atoms with Crippen LogP contribution in [-0.4, -0.2) is 51.8 Å². The van der Waals surface area contributed by atoms with Gasteiger partial charge in [0.25, 0.3) is 0 Å². The van der Waals surface area contributed by atoms with Crippen LogP contribution in [0.25, 0.3) is 0 Å². The van der Waals surface area contributed by atoms with Gasteiger partial charge in [0.1, 0.15) is 11.6 Å². The van der Waals surface area contributed by atoms with Gasteiger partial charge in [-0.25, -0.2) is 0 Å². The van der Waals surface area contributed by atoms with Crippen molar-refractivity contribution >= 4 is 29.5 Å². The molecule has 3 N–H and O–H groups in total. The fraction of sp³-hybridized carbons (Fsp3) is 0.837. The number of ketones is 1. The molecule has 0 aromatic rings. The van der Waals surface area contributed by atoms with E-state index in [1.54, 1.807) is 27.7 Å². The molecule has 2 amide bonds. The lowest BCUT2D eigenvalue weighted by Crippen LogP contribution is -2.68. The summed E-state index contributed by atoms with van der Waals surface area (Å²) in [7, 11) is 0. The lowest BCUT2D eigenvalue weighted by molar-refractivity contribution is -0.232. The summed E-state index contributed by atoms with van der Waals surface area (Å²) in [6.07, 6.45) is 7.16. The molecule has 8 atom stereocenters. The van der Waals surface area contributed by atoms with Crippen LogP contribution in [0.5, 0.6) is 0 Å². The summed E-state index contributed by atoms with van der Waals surface area (Å²) in [6, 6.07) is 0. The summed E-state index contributed by atoms with van der Waals surface area (Å²) in [5.41, 5.74) is -1.34. The molecule has 9 nitrogen and oxygen atoms in total. The van der Waals surface area contributed by atoms with Crippen molar-refractivity contribution in [2.75, 3.05) is 0 Å². The van der Waals surface area contributed by atoms with E-state index in [9.17, 15) is 29.1 Å². The highest BCUT2D eigenvalue weighted by molar-refractivity contribution is 6.03. The molecule has 52 heavy (non-hydrogen) atoms. The molecule has 5 aliphatic carbocycles. The van der Waals surface area contributed by atoms with Crippen molar-refractivity contribution in [3.05, 3.63) is 11.1 Å². The number of carbonyl (C=O) groups is 5. The molecule has 0 aromatic heterocycles. The second-order valence-electron chi connectivity index (χ2n) is 20.7. The van der Waals surface area contributed by atoms with Crippen molar-refractivity contribution in [2.45, 2.75) is 171 Å². The summed E-state index contributed by atoms with van der Waals surface area (Å²) >= 11 is 0. The molecule has 5 rings (SSSR count). The van der Waals surface area contributed by atoms with Crippen LogP contribution in [0, 0.1) is 56.7 Å². The number of fused-ring (bicyclic) bond motifs is 7. The number of carboxylic acids is 1. The van der Waals surface area contributed by atoms with E-state index in [1.807, 2.05) is 13.8 Å². The maximum absolute atomic E-state index is 14.1. The molecule has 0 heterocycles. The molecule has 0 saturated heterocycles. The Hall–Kier alpha value is -2.71. The highest BCUT2D eigenvalue weighted by Gasteiger charge is 2.70. The van der Waals surface area contributed by atoms with Crippen molar-refractivity contribution in [2.24, 2.45) is 56.7 Å². The SMILES string of the molecule is CC(C)C(=O)NC(C)(C)C(=O)NC12CC[C@]3(C)[C@H](CC[C@@H]4[C@@]5(C)CCC(OC(=O)CC(C)(C)C(=O)O)C(C)(C)[C@@H]5CC[C@]43C)C1=C(C(C)C)C(=O)C2. The smallest absolute Gasteiger partial charge is 0.309 e. The first-order valence-electron chi connectivity index (χ1n) is 20.1. The third-order valence-electron chi connectivity index (χ3n) is 15.7. The van der Waals surface area contributed by atoms with E-state index in [1.165, 1.54) is 0 Å². The van der Waals surface area contributed by atoms with E-state index >= 15 is 0 Å². The van der Waals surface area contributed by atoms with Crippen LogP contribution < -0.4 is 10.6 Å². The molecule has 0 aliphatic heterocycles. The molecular formula is C43H68N2O7. The topological polar surface area (TPSA) is 139 Å². The molecule has 4 fully saturated rings. The monoisotopic (exact) mass is 725 g/mol. The number of aliphatic carboxylic acids is 1. The predicted molar refractivity (Wildman–Crippen MR) is 201 cm³/mol. The van der Waals surface area contributed by atoms with E-state index in [0.29, 0.717) is 18.3 Å². The molecule has 0 spiro atoms. The van der Waals surface area contributed by atoms with Crippen molar-refractivity contribution in [3.63, 3.8) is 0 Å². The number of esters is 1. The highest BCUT2D eigenvalue weighted by atomic mass is 16.5. The predicted octanol–water partition coefficient (Wildman–Crippen LogP) is 7.80. The quantitative estimate of drug-likeness (QED) is 0.206. The largest absolute Gasteiger partial charge is 0.481 e. The molecule has 0 aromatic carbocycles. The van der Waals surface area contributed by atoms with Crippen LogP contribution >= 0.6 is 0 Å². The van der Waals surface area contributed by atoms with E-state index in [0.717, 1.165) is 56.1 Å². The van der Waals surface area contributed by atoms with Crippen molar-refractivity contribution in [1.29, 1.82) is 0 Å². The fourth-order valence-electron chi connectivity index (χ4n) is 12.5. The minimum Gasteiger partial charge on any atom is -0.481 e. The average Bonchev–Trinajstić information content (AvgIpc) is 3.30. The van der Waals surface area contributed by atoms with Crippen LogP contribution in [0.3, 0.4) is 0 Å². The normalized spacial score (nSPS) is 37.1. The number of nitrogens with one attached hydrogen (secondary N) is 2. The number of hydrogen-bond acceptors (Lipinski definition) is 6. The van der Waals surface area contributed by atoms with Crippen LogP contribution in [0.4, 0.5) is 0 Å². The number of rotatable bonds is 9. The number of ether oxygens (including phenoxy) is 1. The van der Waals surface area contributed by atoms with Gasteiger partial charge in [-0.05, 0) is 130 Å². The minimum atomic E-state index is -1.18. The van der Waals surface area contributed by atoms with E-state index in [4.69, 9.17) is 4.74 Å². The first-order valence-corrected chi connectivity index (χ1v) is 20.1. The molecule has 0 radical (unpaired) electrons. The first-order chi connectivity index (χ1) is 23.7. The molecule has 4 saturated carbocycles. The maximum atomic E-state index is 14.1. The number of carbonyl (C=O) groups excluding carboxylic acids is 4. The van der Waals surface area contributed by atoms with E-state index in [-0.39, 0.29) is 76.0 Å². The van der Waals surface area contributed by atoms with Gasteiger partial charge in [-0.3, -0.25) is 24.0 Å². The lowest BCUT2D eigenvalue weighted by Gasteiger charge is -2.72. The Morgan fingerprint density at radius 2 is 1.48 bits per heavy atom. The number of amides is 2. The molecule has 2 unspecified atom stereocenters. The molecule has 5 aliphatic rings. The van der Waals surface area contributed by atoms with Gasteiger partial charge in [0.2, 0.25) is 11.8 Å². The van der Waals surface area contributed by atoms with E-state index in [2.05, 4.69) is 59.1 Å². The van der Waals surface area contributed by atoms with Gasteiger partial charge in [-0.2, -0.15) is 0 Å². The lowest BCUT2D eigenvalue weighted by atomic mass is 9.33. The van der Waals surface area contributed by atoms with Gasteiger partial charge in [0.15, 0.2) is 5.78 Å². The second-order valence-corrected chi connectivity index (χ2v) is 20.7. The van der Waals surface area contributed by atoms with Crippen LogP contribution in [0.2, 0.25) is 0 Å². The Morgan fingerprint density at radius 1 is 0.846 bits per heavy atom. The van der Waals surface area contributed by atoms with Gasteiger partial charge in [0, 0.05) is 17.8 Å². The number of Topliss-reactive ketones (excluding diaryl/α,β-unsaturated/α-hetero) is 1. The average molecular weight is 725 g/mol. The Kier molecular flexibility index (Phi) is 10.1. The van der Waals surface area contributed by atoms with Gasteiger partial charge in [-0.15, -0.1) is 0 Å². The Balaban J connectivity index is 1.45. The zero-order valence-corrected chi connectivity index (χ0v) is 34.4. The van der Waals surface area contributed by atoms with E-state index < -0.39 is 28.4 Å². The summed E-state index contributed by atoms with van der Waals surface area (Å²) < 4.78 is 6.15. The molecular weight excluding hydrogens is 656 g/mol. The van der Waals surface area contributed by atoms with Crippen LogP contribution in [0.1, 0.15) is 154 Å². The number of carboxylic acid groups (broad SMARTS) is 1. The third kappa shape index (κ3) is 6.16. The summed E-state index contributed by atoms with van der Waals surface area (Å²) in [4.78, 5) is 65.6. The summed E-state index contributed by atoms with van der Waals surface area (Å²) in [6.45, 7) is 26.4. The second kappa shape index (κ2) is 13.0. The zero-order valence-electron chi connectivity index (χ0n) is 34.4. The van der Waals surface area contributed by atoms with Crippen molar-refractivity contribution in [1.82, 2.24) is 10.6 Å². The van der Waals surface area contributed by atoms with Crippen LogP contribution in [0.15, 0.2) is 11.1 Å². The van der Waals surface area contributed by atoms with Crippen LogP contribution in [-0.2, 0) is 28.7 Å². The highest BCUT2D eigenvalue weighted by Crippen LogP contribution is 2.76. The van der Waals surface area contributed by atoms with Crippen molar-refractivity contribution in [3.8, 4) is 0 Å². The van der Waals surface area contributed by atoms with Gasteiger partial charge >= 0.3 is 11.9 Å². The number of allylic oxidation sites excluding steroid dienone is 1. The fourth-order valence-corrected chi connectivity index (χ4v) is 12.5. The maximum Gasteiger partial charge on any atom is 0.309 e. The number of hydrogen-bond donors (Lipinski definition) is 3.